The number of rotatable bonds is 10. The Kier molecular flexibility index (Phi) is 8.52. The van der Waals surface area contributed by atoms with Crippen molar-refractivity contribution in [2.24, 2.45) is 5.92 Å². The van der Waals surface area contributed by atoms with Crippen molar-refractivity contribution in [3.8, 4) is 0 Å². The average molecular weight is 368 g/mol. The van der Waals surface area contributed by atoms with Crippen LogP contribution in [0.25, 0.3) is 0 Å². The Labute approximate surface area is 161 Å². The van der Waals surface area contributed by atoms with E-state index in [0.717, 1.165) is 31.2 Å². The maximum absolute atomic E-state index is 12.4. The molecule has 5 nitrogen and oxygen atoms in total. The molecule has 0 unspecified atom stereocenters. The maximum atomic E-state index is 12.4. The van der Waals surface area contributed by atoms with Crippen LogP contribution in [0, 0.1) is 5.92 Å². The lowest BCUT2D eigenvalue weighted by Gasteiger charge is -2.15. The predicted octanol–water partition coefficient (Wildman–Crippen LogP) is 4.70. The summed E-state index contributed by atoms with van der Waals surface area (Å²) in [6.45, 7) is 4.48. The number of hydrogen-bond acceptors (Lipinski definition) is 3. The summed E-state index contributed by atoms with van der Waals surface area (Å²) in [4.78, 5) is 29.7. The van der Waals surface area contributed by atoms with Gasteiger partial charge in [-0.25, -0.2) is 5.48 Å². The van der Waals surface area contributed by atoms with Crippen molar-refractivity contribution in [1.29, 1.82) is 0 Å². The number of hydrogen-bond donors (Lipinski definition) is 2. The summed E-state index contributed by atoms with van der Waals surface area (Å²) in [5.74, 6) is -0.241. The number of carbonyl (C=O) groups is 2. The molecule has 0 aliphatic rings. The molecular weight excluding hydrogens is 340 g/mol. The minimum Gasteiger partial charge on any atom is -0.326 e. The molecule has 27 heavy (non-hydrogen) atoms. The second-order valence-electron chi connectivity index (χ2n) is 6.55. The standard InChI is InChI=1S/C22H28N2O3/c1-3-8-18(9-4-2)21(25)23-20-14-12-19(13-15-20)22(26)24-27-16-17-10-6-5-7-11-17/h5-7,10-15,18H,3-4,8-9,16H2,1-2H3,(H,23,25)(H,24,26). The topological polar surface area (TPSA) is 67.4 Å². The predicted molar refractivity (Wildman–Crippen MR) is 107 cm³/mol. The number of amides is 2. The zero-order valence-corrected chi connectivity index (χ0v) is 16.0. The van der Waals surface area contributed by atoms with Gasteiger partial charge in [-0.15, -0.1) is 0 Å². The van der Waals surface area contributed by atoms with E-state index >= 15 is 0 Å². The summed E-state index contributed by atoms with van der Waals surface area (Å²) in [5, 5.41) is 2.94. The van der Waals surface area contributed by atoms with Gasteiger partial charge in [0.25, 0.3) is 5.91 Å². The van der Waals surface area contributed by atoms with Crippen molar-refractivity contribution < 1.29 is 14.4 Å². The number of nitrogens with one attached hydrogen (secondary N) is 2. The summed E-state index contributed by atoms with van der Waals surface area (Å²) in [7, 11) is 0. The lowest BCUT2D eigenvalue weighted by Crippen LogP contribution is -2.24. The van der Waals surface area contributed by atoms with Crippen molar-refractivity contribution >= 4 is 17.5 Å². The molecule has 2 N–H and O–H groups in total. The zero-order valence-electron chi connectivity index (χ0n) is 16.0. The van der Waals surface area contributed by atoms with Crippen molar-refractivity contribution in [3.05, 3.63) is 65.7 Å². The van der Waals surface area contributed by atoms with E-state index in [1.54, 1.807) is 24.3 Å². The summed E-state index contributed by atoms with van der Waals surface area (Å²) in [5.41, 5.74) is 4.57. The lowest BCUT2D eigenvalue weighted by atomic mass is 9.97. The first-order valence-corrected chi connectivity index (χ1v) is 9.51. The van der Waals surface area contributed by atoms with Crippen LogP contribution in [0.5, 0.6) is 0 Å². The maximum Gasteiger partial charge on any atom is 0.274 e. The van der Waals surface area contributed by atoms with Crippen LogP contribution in [-0.4, -0.2) is 11.8 Å². The van der Waals surface area contributed by atoms with Gasteiger partial charge in [0, 0.05) is 17.2 Å². The van der Waals surface area contributed by atoms with Gasteiger partial charge in [-0.2, -0.15) is 0 Å². The molecule has 0 aliphatic carbocycles. The highest BCUT2D eigenvalue weighted by molar-refractivity contribution is 5.95. The minimum atomic E-state index is -0.321. The molecule has 0 aliphatic heterocycles. The van der Waals surface area contributed by atoms with Gasteiger partial charge in [0.1, 0.15) is 0 Å². The van der Waals surface area contributed by atoms with Crippen LogP contribution in [0.3, 0.4) is 0 Å². The Balaban J connectivity index is 1.84. The van der Waals surface area contributed by atoms with Gasteiger partial charge in [0.2, 0.25) is 5.91 Å². The number of anilines is 1. The van der Waals surface area contributed by atoms with E-state index in [9.17, 15) is 9.59 Å². The third-order valence-electron chi connectivity index (χ3n) is 4.31. The van der Waals surface area contributed by atoms with Crippen LogP contribution >= 0.6 is 0 Å². The summed E-state index contributed by atoms with van der Waals surface area (Å²) in [6, 6.07) is 16.4. The Bertz CT molecular complexity index is 708. The molecular formula is C22H28N2O3. The van der Waals surface area contributed by atoms with E-state index in [-0.39, 0.29) is 17.7 Å². The van der Waals surface area contributed by atoms with Crippen LogP contribution < -0.4 is 10.8 Å². The fraction of sp³-hybridized carbons (Fsp3) is 0.364. The number of benzene rings is 2. The van der Waals surface area contributed by atoms with E-state index in [1.165, 1.54) is 0 Å². The molecule has 144 valence electrons. The van der Waals surface area contributed by atoms with E-state index in [0.29, 0.717) is 17.9 Å². The summed E-state index contributed by atoms with van der Waals surface area (Å²) < 4.78 is 0. The van der Waals surface area contributed by atoms with E-state index in [2.05, 4.69) is 24.6 Å². The van der Waals surface area contributed by atoms with Gasteiger partial charge in [0.05, 0.1) is 6.61 Å². The molecule has 0 saturated heterocycles. The normalized spacial score (nSPS) is 10.6. The Morgan fingerprint density at radius 3 is 2.15 bits per heavy atom. The van der Waals surface area contributed by atoms with Gasteiger partial charge in [-0.05, 0) is 42.7 Å². The second-order valence-corrected chi connectivity index (χ2v) is 6.55. The van der Waals surface area contributed by atoms with Gasteiger partial charge in [-0.3, -0.25) is 14.4 Å². The number of hydroxylamine groups is 1. The molecule has 2 rings (SSSR count). The third-order valence-corrected chi connectivity index (χ3v) is 4.31. The van der Waals surface area contributed by atoms with Gasteiger partial charge >= 0.3 is 0 Å². The van der Waals surface area contributed by atoms with Crippen LogP contribution in [0.2, 0.25) is 0 Å². The molecule has 0 aromatic heterocycles. The molecule has 0 spiro atoms. The molecule has 2 amide bonds. The van der Waals surface area contributed by atoms with Crippen molar-refractivity contribution in [3.63, 3.8) is 0 Å². The van der Waals surface area contributed by atoms with E-state index in [4.69, 9.17) is 4.84 Å². The minimum absolute atomic E-state index is 0.0364. The highest BCUT2D eigenvalue weighted by Crippen LogP contribution is 2.17. The second kappa shape index (κ2) is 11.1. The zero-order chi connectivity index (χ0) is 19.5. The summed E-state index contributed by atoms with van der Waals surface area (Å²) >= 11 is 0. The quantitative estimate of drug-likeness (QED) is 0.597. The molecule has 0 saturated carbocycles. The van der Waals surface area contributed by atoms with Crippen molar-refractivity contribution in [1.82, 2.24) is 5.48 Å². The van der Waals surface area contributed by atoms with Crippen LogP contribution in [-0.2, 0) is 16.2 Å². The highest BCUT2D eigenvalue weighted by atomic mass is 16.6. The molecule has 2 aromatic rings. The number of carbonyl (C=O) groups excluding carboxylic acids is 2. The first-order chi connectivity index (χ1) is 13.1. The SMILES string of the molecule is CCCC(CCC)C(=O)Nc1ccc(C(=O)NOCc2ccccc2)cc1. The monoisotopic (exact) mass is 368 g/mol. The van der Waals surface area contributed by atoms with E-state index < -0.39 is 0 Å². The Morgan fingerprint density at radius 2 is 1.56 bits per heavy atom. The molecule has 0 bridgehead atoms. The first-order valence-electron chi connectivity index (χ1n) is 9.51. The van der Waals surface area contributed by atoms with Crippen molar-refractivity contribution in [2.45, 2.75) is 46.1 Å². The third kappa shape index (κ3) is 6.87. The van der Waals surface area contributed by atoms with E-state index in [1.807, 2.05) is 30.3 Å². The lowest BCUT2D eigenvalue weighted by molar-refractivity contribution is -0.120. The molecule has 2 aromatic carbocycles. The van der Waals surface area contributed by atoms with Crippen LogP contribution in [0.4, 0.5) is 5.69 Å². The first kappa shape index (κ1) is 20.6. The fourth-order valence-corrected chi connectivity index (χ4v) is 2.87. The molecule has 0 heterocycles. The van der Waals surface area contributed by atoms with Gasteiger partial charge in [-0.1, -0.05) is 57.0 Å². The Morgan fingerprint density at radius 1 is 0.926 bits per heavy atom. The largest absolute Gasteiger partial charge is 0.326 e. The van der Waals surface area contributed by atoms with Crippen molar-refractivity contribution in [2.75, 3.05) is 5.32 Å². The van der Waals surface area contributed by atoms with Crippen LogP contribution in [0.1, 0.15) is 55.5 Å². The molecule has 5 heteroatoms. The van der Waals surface area contributed by atoms with Gasteiger partial charge in [0.15, 0.2) is 0 Å². The molecule has 0 atom stereocenters. The highest BCUT2D eigenvalue weighted by Gasteiger charge is 2.16. The fourth-order valence-electron chi connectivity index (χ4n) is 2.87. The van der Waals surface area contributed by atoms with Crippen LogP contribution in [0.15, 0.2) is 54.6 Å². The molecule has 0 fully saturated rings. The molecule has 0 radical (unpaired) electrons. The Hall–Kier alpha value is -2.66. The average Bonchev–Trinajstić information content (AvgIpc) is 2.69. The summed E-state index contributed by atoms with van der Waals surface area (Å²) in [6.07, 6.45) is 3.75. The van der Waals surface area contributed by atoms with Gasteiger partial charge < -0.3 is 5.32 Å². The smallest absolute Gasteiger partial charge is 0.274 e.